The summed E-state index contributed by atoms with van der Waals surface area (Å²) in [5, 5.41) is 25.5. The molecule has 0 aliphatic rings. The minimum Gasteiger partial charge on any atom is -0.480 e. The van der Waals surface area contributed by atoms with E-state index < -0.39 is 18.0 Å². The smallest absolute Gasteiger partial charge is 0.335 e. The molecule has 0 fully saturated rings. The minimum atomic E-state index is -1.06. The van der Waals surface area contributed by atoms with Crippen molar-refractivity contribution in [2.75, 3.05) is 5.43 Å². The highest BCUT2D eigenvalue weighted by molar-refractivity contribution is 5.92. The highest BCUT2D eigenvalue weighted by Crippen LogP contribution is 2.11. The SMILES string of the molecule is CC(Nn1nc2ccc(C(=O)O)cc2n1)C(=O)O. The summed E-state index contributed by atoms with van der Waals surface area (Å²) < 4.78 is 0. The number of nitrogens with zero attached hydrogens (tertiary/aromatic N) is 3. The minimum absolute atomic E-state index is 0.0980. The number of nitrogens with one attached hydrogen (secondary N) is 1. The van der Waals surface area contributed by atoms with Crippen molar-refractivity contribution < 1.29 is 19.8 Å². The maximum absolute atomic E-state index is 10.8. The van der Waals surface area contributed by atoms with Crippen LogP contribution in [-0.4, -0.2) is 43.3 Å². The predicted octanol–water partition coefficient (Wildman–Crippen LogP) is 0.146. The van der Waals surface area contributed by atoms with Gasteiger partial charge in [-0.3, -0.25) is 5.43 Å². The zero-order chi connectivity index (χ0) is 13.3. The molecule has 1 aromatic heterocycles. The van der Waals surface area contributed by atoms with Gasteiger partial charge in [-0.1, -0.05) is 4.91 Å². The number of aromatic nitrogens is 3. The van der Waals surface area contributed by atoms with Crippen molar-refractivity contribution in [1.82, 2.24) is 15.1 Å². The van der Waals surface area contributed by atoms with E-state index >= 15 is 0 Å². The van der Waals surface area contributed by atoms with E-state index in [-0.39, 0.29) is 5.56 Å². The molecule has 8 heteroatoms. The summed E-state index contributed by atoms with van der Waals surface area (Å²) in [5.74, 6) is -2.10. The molecular weight excluding hydrogens is 240 g/mol. The highest BCUT2D eigenvalue weighted by Gasteiger charge is 2.13. The van der Waals surface area contributed by atoms with E-state index in [1.807, 2.05) is 0 Å². The van der Waals surface area contributed by atoms with Gasteiger partial charge in [0.15, 0.2) is 0 Å². The number of aromatic carboxylic acids is 1. The predicted molar refractivity (Wildman–Crippen MR) is 60.9 cm³/mol. The Morgan fingerprint density at radius 2 is 1.94 bits per heavy atom. The first kappa shape index (κ1) is 11.8. The second kappa shape index (κ2) is 4.32. The van der Waals surface area contributed by atoms with Crippen molar-refractivity contribution in [2.24, 2.45) is 0 Å². The summed E-state index contributed by atoms with van der Waals surface area (Å²) in [4.78, 5) is 22.4. The fourth-order valence-corrected chi connectivity index (χ4v) is 1.33. The van der Waals surface area contributed by atoms with E-state index in [0.29, 0.717) is 11.0 Å². The third-order valence-electron chi connectivity index (χ3n) is 2.31. The number of hydrogen-bond donors (Lipinski definition) is 3. The average molecular weight is 250 g/mol. The zero-order valence-corrected chi connectivity index (χ0v) is 9.36. The molecule has 2 rings (SSSR count). The maximum Gasteiger partial charge on any atom is 0.335 e. The van der Waals surface area contributed by atoms with Crippen LogP contribution in [-0.2, 0) is 4.79 Å². The zero-order valence-electron chi connectivity index (χ0n) is 9.36. The van der Waals surface area contributed by atoms with E-state index in [4.69, 9.17) is 10.2 Å². The lowest BCUT2D eigenvalue weighted by atomic mass is 10.2. The van der Waals surface area contributed by atoms with Gasteiger partial charge < -0.3 is 10.2 Å². The highest BCUT2D eigenvalue weighted by atomic mass is 16.4. The molecule has 18 heavy (non-hydrogen) atoms. The number of carbonyl (C=O) groups is 2. The van der Waals surface area contributed by atoms with Crippen LogP contribution in [0.1, 0.15) is 17.3 Å². The maximum atomic E-state index is 10.8. The number of fused-ring (bicyclic) bond motifs is 1. The van der Waals surface area contributed by atoms with Crippen molar-refractivity contribution in [1.29, 1.82) is 0 Å². The fraction of sp³-hybridized carbons (Fsp3) is 0.200. The van der Waals surface area contributed by atoms with Crippen molar-refractivity contribution in [2.45, 2.75) is 13.0 Å². The Balaban J connectivity index is 2.32. The fourth-order valence-electron chi connectivity index (χ4n) is 1.33. The number of carboxylic acid groups (broad SMARTS) is 2. The lowest BCUT2D eigenvalue weighted by molar-refractivity contribution is -0.137. The Morgan fingerprint density at radius 3 is 2.56 bits per heavy atom. The van der Waals surface area contributed by atoms with Gasteiger partial charge in [-0.25, -0.2) is 9.59 Å². The third-order valence-corrected chi connectivity index (χ3v) is 2.31. The largest absolute Gasteiger partial charge is 0.480 e. The van der Waals surface area contributed by atoms with Crippen LogP contribution in [0.4, 0.5) is 0 Å². The quantitative estimate of drug-likeness (QED) is 0.706. The van der Waals surface area contributed by atoms with E-state index in [9.17, 15) is 9.59 Å². The van der Waals surface area contributed by atoms with Crippen LogP contribution in [0.2, 0.25) is 0 Å². The molecule has 94 valence electrons. The molecule has 0 spiro atoms. The topological polar surface area (TPSA) is 117 Å². The number of carboxylic acids is 2. The van der Waals surface area contributed by atoms with Crippen molar-refractivity contribution >= 4 is 23.0 Å². The second-order valence-electron chi connectivity index (χ2n) is 3.69. The van der Waals surface area contributed by atoms with Crippen molar-refractivity contribution in [3.05, 3.63) is 23.8 Å². The molecule has 0 bridgehead atoms. The molecule has 1 unspecified atom stereocenters. The molecule has 0 aliphatic carbocycles. The van der Waals surface area contributed by atoms with Gasteiger partial charge in [0, 0.05) is 0 Å². The molecule has 1 heterocycles. The average Bonchev–Trinajstić information content (AvgIpc) is 2.69. The van der Waals surface area contributed by atoms with Crippen LogP contribution in [0.25, 0.3) is 11.0 Å². The first-order valence-corrected chi connectivity index (χ1v) is 5.07. The van der Waals surface area contributed by atoms with Gasteiger partial charge in [-0.15, -0.1) is 10.2 Å². The number of aliphatic carboxylic acids is 1. The van der Waals surface area contributed by atoms with Gasteiger partial charge in [-0.05, 0) is 25.1 Å². The molecule has 3 N–H and O–H groups in total. The molecule has 2 aromatic rings. The van der Waals surface area contributed by atoms with Gasteiger partial charge in [-0.2, -0.15) is 0 Å². The third kappa shape index (κ3) is 2.21. The molecule has 1 atom stereocenters. The Labute approximate surface area is 101 Å². The standard InChI is InChI=1S/C10H10N4O4/c1-5(9(15)16)11-14-12-7-3-2-6(10(17)18)4-8(7)13-14/h2-5,11H,1H3,(H,15,16)(H,17,18). The van der Waals surface area contributed by atoms with E-state index in [1.54, 1.807) is 0 Å². The molecule has 8 nitrogen and oxygen atoms in total. The molecule has 0 amide bonds. The lowest BCUT2D eigenvalue weighted by Gasteiger charge is -2.07. The monoisotopic (exact) mass is 250 g/mol. The van der Waals surface area contributed by atoms with E-state index in [2.05, 4.69) is 15.6 Å². The summed E-state index contributed by atoms with van der Waals surface area (Å²) in [6, 6.07) is 3.43. The first-order chi connectivity index (χ1) is 8.47. The lowest BCUT2D eigenvalue weighted by Crippen LogP contribution is -2.33. The molecule has 0 radical (unpaired) electrons. The second-order valence-corrected chi connectivity index (χ2v) is 3.69. The van der Waals surface area contributed by atoms with Gasteiger partial charge >= 0.3 is 11.9 Å². The summed E-state index contributed by atoms with van der Waals surface area (Å²) in [6.07, 6.45) is 0. The Morgan fingerprint density at radius 1 is 1.28 bits per heavy atom. The first-order valence-electron chi connectivity index (χ1n) is 5.07. The summed E-state index contributed by atoms with van der Waals surface area (Å²) in [6.45, 7) is 1.44. The molecule has 0 saturated heterocycles. The molecular formula is C10H10N4O4. The van der Waals surface area contributed by atoms with Gasteiger partial charge in [0.2, 0.25) is 0 Å². The Hall–Kier alpha value is -2.64. The Bertz CT molecular complexity index is 621. The van der Waals surface area contributed by atoms with Crippen molar-refractivity contribution in [3.8, 4) is 0 Å². The number of benzene rings is 1. The van der Waals surface area contributed by atoms with E-state index in [1.165, 1.54) is 25.1 Å². The van der Waals surface area contributed by atoms with Gasteiger partial charge in [0.25, 0.3) is 0 Å². The molecule has 0 aliphatic heterocycles. The Kier molecular flexibility index (Phi) is 2.84. The van der Waals surface area contributed by atoms with Crippen LogP contribution >= 0.6 is 0 Å². The van der Waals surface area contributed by atoms with Crippen LogP contribution in [0.5, 0.6) is 0 Å². The van der Waals surface area contributed by atoms with Crippen molar-refractivity contribution in [3.63, 3.8) is 0 Å². The summed E-state index contributed by atoms with van der Waals surface area (Å²) >= 11 is 0. The van der Waals surface area contributed by atoms with Gasteiger partial charge in [0.05, 0.1) is 5.56 Å². The van der Waals surface area contributed by atoms with E-state index in [0.717, 1.165) is 4.91 Å². The molecule has 0 saturated carbocycles. The molecule has 1 aromatic carbocycles. The van der Waals surface area contributed by atoms with Crippen LogP contribution < -0.4 is 5.43 Å². The van der Waals surface area contributed by atoms with Crippen LogP contribution in [0.3, 0.4) is 0 Å². The van der Waals surface area contributed by atoms with Crippen LogP contribution in [0, 0.1) is 0 Å². The van der Waals surface area contributed by atoms with Gasteiger partial charge in [0.1, 0.15) is 17.1 Å². The van der Waals surface area contributed by atoms with Crippen LogP contribution in [0.15, 0.2) is 18.2 Å². The summed E-state index contributed by atoms with van der Waals surface area (Å²) in [7, 11) is 0. The number of hydrogen-bond acceptors (Lipinski definition) is 5. The summed E-state index contributed by atoms with van der Waals surface area (Å²) in [5.41, 5.74) is 3.48. The number of rotatable bonds is 4. The normalized spacial score (nSPS) is 12.3.